The van der Waals surface area contributed by atoms with E-state index < -0.39 is 17.5 Å². The van der Waals surface area contributed by atoms with Gasteiger partial charge in [-0.15, -0.1) is 0 Å². The molecule has 6 heteroatoms. The molecule has 1 aromatic heterocycles. The third-order valence-electron chi connectivity index (χ3n) is 2.45. The molecule has 0 saturated heterocycles. The Kier molecular flexibility index (Phi) is 3.90. The Balaban J connectivity index is 2.28. The zero-order chi connectivity index (χ0) is 14.0. The lowest BCUT2D eigenvalue weighted by Crippen LogP contribution is -2.15. The summed E-state index contributed by atoms with van der Waals surface area (Å²) >= 11 is 3.16. The van der Waals surface area contributed by atoms with Crippen molar-refractivity contribution >= 4 is 27.7 Å². The zero-order valence-electron chi connectivity index (χ0n) is 9.88. The van der Waals surface area contributed by atoms with Crippen molar-refractivity contribution < 1.29 is 13.6 Å². The Hall–Kier alpha value is -1.82. The lowest BCUT2D eigenvalue weighted by Gasteiger charge is -2.07. The third kappa shape index (κ3) is 3.14. The summed E-state index contributed by atoms with van der Waals surface area (Å²) in [7, 11) is 0. The molecule has 0 aliphatic rings. The number of amides is 1. The van der Waals surface area contributed by atoms with Gasteiger partial charge in [-0.3, -0.25) is 4.79 Å². The predicted octanol–water partition coefficient (Wildman–Crippen LogP) is 3.68. The van der Waals surface area contributed by atoms with Crippen LogP contribution in [0.3, 0.4) is 0 Å². The first kappa shape index (κ1) is 13.6. The van der Waals surface area contributed by atoms with Crippen molar-refractivity contribution in [1.29, 1.82) is 0 Å². The van der Waals surface area contributed by atoms with Gasteiger partial charge in [0.05, 0.1) is 5.56 Å². The number of nitrogens with zero attached hydrogens (tertiary/aromatic N) is 1. The highest BCUT2D eigenvalue weighted by Crippen LogP contribution is 2.16. The van der Waals surface area contributed by atoms with Crippen LogP contribution in [0.4, 0.5) is 14.6 Å². The first-order valence-electron chi connectivity index (χ1n) is 5.37. The number of carbonyl (C=O) groups is 1. The summed E-state index contributed by atoms with van der Waals surface area (Å²) in [5.41, 5.74) is -0.0190. The smallest absolute Gasteiger partial charge is 0.259 e. The van der Waals surface area contributed by atoms with Gasteiger partial charge in [-0.2, -0.15) is 0 Å². The maximum absolute atomic E-state index is 13.5. The second-order valence-electron chi connectivity index (χ2n) is 3.88. The molecule has 2 aromatic rings. The van der Waals surface area contributed by atoms with Gasteiger partial charge < -0.3 is 5.32 Å². The van der Waals surface area contributed by atoms with Crippen LogP contribution in [0, 0.1) is 18.6 Å². The van der Waals surface area contributed by atoms with Gasteiger partial charge in [0, 0.05) is 6.07 Å². The van der Waals surface area contributed by atoms with Gasteiger partial charge in [-0.1, -0.05) is 6.07 Å². The highest BCUT2D eigenvalue weighted by atomic mass is 79.9. The minimum atomic E-state index is -0.907. The Morgan fingerprint density at radius 3 is 2.68 bits per heavy atom. The van der Waals surface area contributed by atoms with Crippen LogP contribution >= 0.6 is 15.9 Å². The molecule has 1 amide bonds. The van der Waals surface area contributed by atoms with E-state index >= 15 is 0 Å². The van der Waals surface area contributed by atoms with Gasteiger partial charge in [0.15, 0.2) is 0 Å². The number of benzene rings is 1. The number of nitrogens with one attached hydrogen (secondary N) is 1. The van der Waals surface area contributed by atoms with E-state index in [2.05, 4.69) is 26.2 Å². The normalized spacial score (nSPS) is 10.3. The van der Waals surface area contributed by atoms with Crippen molar-refractivity contribution in [3.8, 4) is 0 Å². The molecule has 0 atom stereocenters. The molecular weight excluding hydrogens is 318 g/mol. The molecule has 0 fully saturated rings. The number of rotatable bonds is 2. The van der Waals surface area contributed by atoms with E-state index in [4.69, 9.17) is 0 Å². The second kappa shape index (κ2) is 5.44. The van der Waals surface area contributed by atoms with E-state index in [1.165, 1.54) is 6.92 Å². The number of carbonyl (C=O) groups excluding carboxylic acids is 1. The molecule has 1 heterocycles. The summed E-state index contributed by atoms with van der Waals surface area (Å²) in [6, 6.07) is 6.80. The van der Waals surface area contributed by atoms with Crippen molar-refractivity contribution in [2.45, 2.75) is 6.92 Å². The predicted molar refractivity (Wildman–Crippen MR) is 71.0 cm³/mol. The van der Waals surface area contributed by atoms with Gasteiger partial charge in [-0.05, 0) is 46.6 Å². The molecule has 0 bridgehead atoms. The van der Waals surface area contributed by atoms with Crippen molar-refractivity contribution in [1.82, 2.24) is 4.98 Å². The highest BCUT2D eigenvalue weighted by Gasteiger charge is 2.15. The first-order valence-corrected chi connectivity index (χ1v) is 6.16. The number of aromatic nitrogens is 1. The molecule has 0 spiro atoms. The molecule has 3 nitrogen and oxygen atoms in total. The molecule has 1 aromatic carbocycles. The van der Waals surface area contributed by atoms with Crippen LogP contribution in [0.25, 0.3) is 0 Å². The van der Waals surface area contributed by atoms with Gasteiger partial charge in [0.2, 0.25) is 0 Å². The van der Waals surface area contributed by atoms with E-state index in [0.717, 1.165) is 6.07 Å². The fraction of sp³-hybridized carbons (Fsp3) is 0.0769. The fourth-order valence-electron chi connectivity index (χ4n) is 1.49. The zero-order valence-corrected chi connectivity index (χ0v) is 11.5. The van der Waals surface area contributed by atoms with E-state index in [9.17, 15) is 13.6 Å². The summed E-state index contributed by atoms with van der Waals surface area (Å²) < 4.78 is 27.2. The standard InChI is InChI=1S/C13H9BrF2N2O/c1-7-5-8(10(16)6-9(7)15)13(19)18-12-4-2-3-11(14)17-12/h2-6H,1H3,(H,17,18,19). The number of anilines is 1. The Bertz CT molecular complexity index is 647. The average molecular weight is 327 g/mol. The van der Waals surface area contributed by atoms with Crippen molar-refractivity contribution in [2.75, 3.05) is 5.32 Å². The van der Waals surface area contributed by atoms with Crippen LogP contribution in [0.5, 0.6) is 0 Å². The average Bonchev–Trinajstić information content (AvgIpc) is 2.33. The van der Waals surface area contributed by atoms with E-state index in [-0.39, 0.29) is 16.9 Å². The number of aryl methyl sites for hydroxylation is 1. The lowest BCUT2D eigenvalue weighted by atomic mass is 10.1. The quantitative estimate of drug-likeness (QED) is 0.855. The monoisotopic (exact) mass is 326 g/mol. The summed E-state index contributed by atoms with van der Waals surface area (Å²) in [5, 5.41) is 2.44. The molecule has 0 aliphatic carbocycles. The highest BCUT2D eigenvalue weighted by molar-refractivity contribution is 9.10. The van der Waals surface area contributed by atoms with E-state index in [0.29, 0.717) is 10.7 Å². The van der Waals surface area contributed by atoms with Crippen molar-refractivity contribution in [2.24, 2.45) is 0 Å². The maximum Gasteiger partial charge on any atom is 0.259 e. The first-order chi connectivity index (χ1) is 8.97. The van der Waals surface area contributed by atoms with Crippen LogP contribution in [-0.4, -0.2) is 10.9 Å². The fourth-order valence-corrected chi connectivity index (χ4v) is 1.84. The number of pyridine rings is 1. The molecule has 0 radical (unpaired) electrons. The summed E-state index contributed by atoms with van der Waals surface area (Å²) in [6.45, 7) is 1.46. The van der Waals surface area contributed by atoms with Crippen LogP contribution < -0.4 is 5.32 Å². The van der Waals surface area contributed by atoms with Gasteiger partial charge in [0.25, 0.3) is 5.91 Å². The molecule has 2 rings (SSSR count). The number of hydrogen-bond donors (Lipinski definition) is 1. The lowest BCUT2D eigenvalue weighted by molar-refractivity contribution is 0.102. The Morgan fingerprint density at radius 1 is 1.26 bits per heavy atom. The van der Waals surface area contributed by atoms with Crippen LogP contribution in [-0.2, 0) is 0 Å². The summed E-state index contributed by atoms with van der Waals surface area (Å²) in [6.07, 6.45) is 0. The van der Waals surface area contributed by atoms with Crippen molar-refractivity contribution in [3.63, 3.8) is 0 Å². The van der Waals surface area contributed by atoms with Crippen LogP contribution in [0.2, 0.25) is 0 Å². The maximum atomic E-state index is 13.5. The Morgan fingerprint density at radius 2 is 2.00 bits per heavy atom. The second-order valence-corrected chi connectivity index (χ2v) is 4.69. The molecule has 0 unspecified atom stereocenters. The summed E-state index contributed by atoms with van der Waals surface area (Å²) in [4.78, 5) is 15.9. The molecule has 1 N–H and O–H groups in total. The van der Waals surface area contributed by atoms with Gasteiger partial charge in [0.1, 0.15) is 22.1 Å². The van der Waals surface area contributed by atoms with E-state index in [1.54, 1.807) is 18.2 Å². The Labute approximate surface area is 116 Å². The topological polar surface area (TPSA) is 42.0 Å². The SMILES string of the molecule is Cc1cc(C(=O)Nc2cccc(Br)n2)c(F)cc1F. The third-order valence-corrected chi connectivity index (χ3v) is 2.89. The van der Waals surface area contributed by atoms with Crippen LogP contribution in [0.15, 0.2) is 34.9 Å². The number of halogens is 3. The molecule has 19 heavy (non-hydrogen) atoms. The van der Waals surface area contributed by atoms with Gasteiger partial charge in [-0.25, -0.2) is 13.8 Å². The molecular formula is C13H9BrF2N2O. The summed E-state index contributed by atoms with van der Waals surface area (Å²) in [5.74, 6) is -1.99. The van der Waals surface area contributed by atoms with Gasteiger partial charge >= 0.3 is 0 Å². The van der Waals surface area contributed by atoms with Crippen LogP contribution in [0.1, 0.15) is 15.9 Å². The largest absolute Gasteiger partial charge is 0.306 e. The van der Waals surface area contributed by atoms with E-state index in [1.807, 2.05) is 0 Å². The van der Waals surface area contributed by atoms with Crippen molar-refractivity contribution in [3.05, 3.63) is 57.7 Å². The molecule has 0 aliphatic heterocycles. The molecule has 98 valence electrons. The molecule has 0 saturated carbocycles. The minimum Gasteiger partial charge on any atom is -0.306 e. The number of hydrogen-bond acceptors (Lipinski definition) is 2. The minimum absolute atomic E-state index is 0.203.